The molecule has 0 fully saturated rings. The Hall–Kier alpha value is -3.92. The third kappa shape index (κ3) is 4.12. The zero-order chi connectivity index (χ0) is 23.7. The first-order valence-corrected chi connectivity index (χ1v) is 10.7. The van der Waals surface area contributed by atoms with Gasteiger partial charge >= 0.3 is 5.69 Å². The molecule has 0 saturated heterocycles. The van der Waals surface area contributed by atoms with Crippen LogP contribution in [-0.2, 0) is 11.3 Å². The number of hydrogen-bond acceptors (Lipinski definition) is 6. The lowest BCUT2D eigenvalue weighted by Gasteiger charge is -2.14. The SMILES string of the molecule is COc1ccc(OC)c(NC(=O)Cn2c(=O)n(-c3ccc(F)c(C)c3)c(=O)c3sccc32)c1. The molecule has 0 bridgehead atoms. The first-order chi connectivity index (χ1) is 15.8. The fourth-order valence-electron chi connectivity index (χ4n) is 3.48. The van der Waals surface area contributed by atoms with Crippen molar-refractivity contribution in [2.24, 2.45) is 0 Å². The largest absolute Gasteiger partial charge is 0.497 e. The van der Waals surface area contributed by atoms with Gasteiger partial charge in [-0.15, -0.1) is 11.3 Å². The van der Waals surface area contributed by atoms with Gasteiger partial charge in [-0.05, 0) is 54.3 Å². The van der Waals surface area contributed by atoms with E-state index in [0.29, 0.717) is 33.0 Å². The van der Waals surface area contributed by atoms with Gasteiger partial charge in [0.25, 0.3) is 5.56 Å². The topological polar surface area (TPSA) is 91.6 Å². The number of aromatic nitrogens is 2. The predicted octanol–water partition coefficient (Wildman–Crippen LogP) is 3.32. The first-order valence-electron chi connectivity index (χ1n) is 9.85. The first kappa shape index (κ1) is 22.3. The van der Waals surface area contributed by atoms with E-state index in [1.54, 1.807) is 36.6 Å². The monoisotopic (exact) mass is 469 g/mol. The van der Waals surface area contributed by atoms with Crippen LogP contribution >= 0.6 is 11.3 Å². The molecular weight excluding hydrogens is 449 g/mol. The van der Waals surface area contributed by atoms with Crippen LogP contribution in [-0.4, -0.2) is 29.3 Å². The molecule has 0 unspecified atom stereocenters. The molecule has 2 heterocycles. The number of thiophene rings is 1. The van der Waals surface area contributed by atoms with Crippen molar-refractivity contribution in [3.8, 4) is 17.2 Å². The minimum absolute atomic E-state index is 0.225. The van der Waals surface area contributed by atoms with E-state index in [-0.39, 0.29) is 12.2 Å². The maximum atomic E-state index is 13.8. The highest BCUT2D eigenvalue weighted by Gasteiger charge is 2.19. The van der Waals surface area contributed by atoms with Crippen LogP contribution in [0.3, 0.4) is 0 Å². The van der Waals surface area contributed by atoms with Gasteiger partial charge in [-0.25, -0.2) is 13.8 Å². The Morgan fingerprint density at radius 2 is 1.88 bits per heavy atom. The number of fused-ring (bicyclic) bond motifs is 1. The van der Waals surface area contributed by atoms with E-state index in [9.17, 15) is 18.8 Å². The Kier molecular flexibility index (Phi) is 6.01. The number of rotatable bonds is 6. The molecule has 33 heavy (non-hydrogen) atoms. The number of benzene rings is 2. The number of anilines is 1. The van der Waals surface area contributed by atoms with Crippen LogP contribution in [0, 0.1) is 12.7 Å². The molecule has 10 heteroatoms. The van der Waals surface area contributed by atoms with E-state index in [1.807, 2.05) is 0 Å². The zero-order valence-electron chi connectivity index (χ0n) is 18.0. The third-order valence-electron chi connectivity index (χ3n) is 5.14. The number of methoxy groups -OCH3 is 2. The van der Waals surface area contributed by atoms with Crippen molar-refractivity contribution in [1.82, 2.24) is 9.13 Å². The lowest BCUT2D eigenvalue weighted by molar-refractivity contribution is -0.116. The number of carbonyl (C=O) groups excluding carboxylic acids is 1. The summed E-state index contributed by atoms with van der Waals surface area (Å²) in [4.78, 5) is 39.2. The molecule has 0 atom stereocenters. The number of nitrogens with zero attached hydrogens (tertiary/aromatic N) is 2. The highest BCUT2D eigenvalue weighted by atomic mass is 32.1. The number of ether oxygens (including phenoxy) is 2. The average Bonchev–Trinajstić information content (AvgIpc) is 3.29. The van der Waals surface area contributed by atoms with E-state index in [1.165, 1.54) is 37.0 Å². The zero-order valence-corrected chi connectivity index (χ0v) is 18.9. The fourth-order valence-corrected chi connectivity index (χ4v) is 4.30. The van der Waals surface area contributed by atoms with Gasteiger partial charge in [-0.3, -0.25) is 14.2 Å². The Bertz CT molecular complexity index is 1490. The van der Waals surface area contributed by atoms with Crippen LogP contribution in [0.15, 0.2) is 57.4 Å². The Labute approximate surface area is 191 Å². The Morgan fingerprint density at radius 1 is 1.09 bits per heavy atom. The Morgan fingerprint density at radius 3 is 2.58 bits per heavy atom. The van der Waals surface area contributed by atoms with Crippen LogP contribution < -0.4 is 26.0 Å². The van der Waals surface area contributed by atoms with Crippen LogP contribution in [0.1, 0.15) is 5.56 Å². The smallest absolute Gasteiger partial charge is 0.336 e. The van der Waals surface area contributed by atoms with Gasteiger partial charge in [0.1, 0.15) is 28.6 Å². The average molecular weight is 469 g/mol. The summed E-state index contributed by atoms with van der Waals surface area (Å²) in [6.45, 7) is 1.19. The maximum Gasteiger partial charge on any atom is 0.336 e. The van der Waals surface area contributed by atoms with Crippen molar-refractivity contribution >= 4 is 33.1 Å². The number of aryl methyl sites for hydroxylation is 1. The van der Waals surface area contributed by atoms with E-state index < -0.39 is 23.0 Å². The second kappa shape index (κ2) is 8.91. The van der Waals surface area contributed by atoms with Crippen molar-refractivity contribution in [2.45, 2.75) is 13.5 Å². The van der Waals surface area contributed by atoms with Crippen LogP contribution in [0.2, 0.25) is 0 Å². The minimum Gasteiger partial charge on any atom is -0.497 e. The molecular formula is C23H20FN3O5S. The minimum atomic E-state index is -0.704. The summed E-state index contributed by atoms with van der Waals surface area (Å²) in [5, 5.41) is 4.39. The standard InChI is InChI=1S/C23H20FN3O5S/c1-13-10-14(4-6-16(13)24)27-22(29)21-18(8-9-33-21)26(23(27)30)12-20(28)25-17-11-15(31-2)5-7-19(17)32-3/h4-11H,12H2,1-3H3,(H,25,28). The molecule has 1 amide bonds. The van der Waals surface area contributed by atoms with E-state index in [4.69, 9.17) is 9.47 Å². The number of hydrogen-bond donors (Lipinski definition) is 1. The summed E-state index contributed by atoms with van der Waals surface area (Å²) < 4.78 is 26.7. The summed E-state index contributed by atoms with van der Waals surface area (Å²) in [6.07, 6.45) is 0. The summed E-state index contributed by atoms with van der Waals surface area (Å²) in [7, 11) is 2.97. The molecule has 0 radical (unpaired) electrons. The van der Waals surface area contributed by atoms with Crippen LogP contribution in [0.5, 0.6) is 11.5 Å². The molecule has 170 valence electrons. The molecule has 1 N–H and O–H groups in total. The molecule has 0 aliphatic carbocycles. The van der Waals surface area contributed by atoms with Gasteiger partial charge in [0.2, 0.25) is 5.91 Å². The van der Waals surface area contributed by atoms with E-state index in [2.05, 4.69) is 5.32 Å². The van der Waals surface area contributed by atoms with Gasteiger partial charge in [-0.1, -0.05) is 0 Å². The molecule has 2 aromatic heterocycles. The normalized spacial score (nSPS) is 10.9. The highest BCUT2D eigenvalue weighted by Crippen LogP contribution is 2.29. The molecule has 0 spiro atoms. The summed E-state index contributed by atoms with van der Waals surface area (Å²) >= 11 is 1.16. The van der Waals surface area contributed by atoms with Gasteiger partial charge in [-0.2, -0.15) is 0 Å². The number of amides is 1. The van der Waals surface area contributed by atoms with E-state index >= 15 is 0 Å². The van der Waals surface area contributed by atoms with Crippen LogP contribution in [0.4, 0.5) is 10.1 Å². The summed E-state index contributed by atoms with van der Waals surface area (Å²) in [5.41, 5.74) is 0.00546. The van der Waals surface area contributed by atoms with Crippen molar-refractivity contribution in [3.05, 3.63) is 80.1 Å². The van der Waals surface area contributed by atoms with Gasteiger partial charge in [0.15, 0.2) is 0 Å². The molecule has 4 aromatic rings. The molecule has 0 aliphatic heterocycles. The lowest BCUT2D eigenvalue weighted by Crippen LogP contribution is -2.40. The van der Waals surface area contributed by atoms with Crippen molar-refractivity contribution in [1.29, 1.82) is 0 Å². The molecule has 2 aromatic carbocycles. The maximum absolute atomic E-state index is 13.8. The molecule has 8 nitrogen and oxygen atoms in total. The quantitative estimate of drug-likeness (QED) is 0.468. The van der Waals surface area contributed by atoms with Gasteiger partial charge in [0.05, 0.1) is 31.1 Å². The van der Waals surface area contributed by atoms with Crippen molar-refractivity contribution in [2.75, 3.05) is 19.5 Å². The van der Waals surface area contributed by atoms with Crippen LogP contribution in [0.25, 0.3) is 15.9 Å². The highest BCUT2D eigenvalue weighted by molar-refractivity contribution is 7.17. The molecule has 4 rings (SSSR count). The van der Waals surface area contributed by atoms with Gasteiger partial charge in [0, 0.05) is 6.07 Å². The summed E-state index contributed by atoms with van der Waals surface area (Å²) in [5.74, 6) is -0.0137. The second-order valence-electron chi connectivity index (χ2n) is 7.19. The predicted molar refractivity (Wildman–Crippen MR) is 125 cm³/mol. The summed E-state index contributed by atoms with van der Waals surface area (Å²) in [6, 6.07) is 10.5. The van der Waals surface area contributed by atoms with Crippen molar-refractivity contribution in [3.63, 3.8) is 0 Å². The number of carbonyl (C=O) groups is 1. The van der Waals surface area contributed by atoms with E-state index in [0.717, 1.165) is 15.9 Å². The Balaban J connectivity index is 1.78. The third-order valence-corrected chi connectivity index (χ3v) is 6.03. The fraction of sp³-hybridized carbons (Fsp3) is 0.174. The second-order valence-corrected chi connectivity index (χ2v) is 8.11. The van der Waals surface area contributed by atoms with Gasteiger partial charge < -0.3 is 14.8 Å². The molecule has 0 aliphatic rings. The number of nitrogens with one attached hydrogen (secondary N) is 1. The lowest BCUT2D eigenvalue weighted by atomic mass is 10.2. The molecule has 0 saturated carbocycles. The van der Waals surface area contributed by atoms with Crippen molar-refractivity contribution < 1.29 is 18.7 Å². The number of halogens is 1.